The molecule has 4 rings (SSSR count). The molecule has 1 aliphatic rings. The normalized spacial score (nSPS) is 17.7. The molecule has 6 nitrogen and oxygen atoms in total. The molecule has 1 atom stereocenters. The van der Waals surface area contributed by atoms with Gasteiger partial charge in [-0.25, -0.2) is 15.0 Å². The highest BCUT2D eigenvalue weighted by Gasteiger charge is 2.26. The van der Waals surface area contributed by atoms with E-state index in [9.17, 15) is 0 Å². The number of nitrogens with zero attached hydrogens (tertiary/aromatic N) is 4. The van der Waals surface area contributed by atoms with Crippen LogP contribution >= 0.6 is 0 Å². The summed E-state index contributed by atoms with van der Waals surface area (Å²) in [7, 11) is 0. The lowest BCUT2D eigenvalue weighted by Gasteiger charge is -2.24. The molecule has 3 aromatic rings. The zero-order chi connectivity index (χ0) is 17.1. The standard InChI is InChI=1S/C19H22N6/c1-14-4-2-7-23-19(14)24-17-12-15(6-8-20-17)16-5-3-11-25(16)13-18-21-9-10-22-18/h2,4,6-10,12,16H,3,5,11,13H2,1H3,(H,21,22)(H,20,23,24). The summed E-state index contributed by atoms with van der Waals surface area (Å²) in [5.74, 6) is 2.71. The number of likely N-dealkylation sites (tertiary alicyclic amines) is 1. The maximum absolute atomic E-state index is 4.46. The molecule has 1 fully saturated rings. The second-order valence-electron chi connectivity index (χ2n) is 6.43. The minimum Gasteiger partial charge on any atom is -0.348 e. The summed E-state index contributed by atoms with van der Waals surface area (Å²) in [6.07, 6.45) is 9.72. The van der Waals surface area contributed by atoms with Gasteiger partial charge in [0.1, 0.15) is 17.5 Å². The van der Waals surface area contributed by atoms with Crippen LogP contribution in [0.4, 0.5) is 11.6 Å². The number of aryl methyl sites for hydroxylation is 1. The van der Waals surface area contributed by atoms with Crippen LogP contribution in [0.2, 0.25) is 0 Å². The van der Waals surface area contributed by atoms with E-state index in [0.29, 0.717) is 6.04 Å². The van der Waals surface area contributed by atoms with Gasteiger partial charge in [0, 0.05) is 30.8 Å². The monoisotopic (exact) mass is 334 g/mol. The maximum atomic E-state index is 4.46. The Hall–Kier alpha value is -2.73. The van der Waals surface area contributed by atoms with Crippen LogP contribution < -0.4 is 5.32 Å². The lowest BCUT2D eigenvalue weighted by molar-refractivity contribution is 0.243. The van der Waals surface area contributed by atoms with E-state index in [-0.39, 0.29) is 0 Å². The fraction of sp³-hybridized carbons (Fsp3) is 0.316. The molecule has 25 heavy (non-hydrogen) atoms. The van der Waals surface area contributed by atoms with Crippen LogP contribution in [0.5, 0.6) is 0 Å². The third-order valence-corrected chi connectivity index (χ3v) is 4.70. The van der Waals surface area contributed by atoms with Gasteiger partial charge in [-0.1, -0.05) is 6.07 Å². The van der Waals surface area contributed by atoms with Crippen molar-refractivity contribution < 1.29 is 0 Å². The van der Waals surface area contributed by atoms with Crippen LogP contribution in [0.1, 0.15) is 35.8 Å². The van der Waals surface area contributed by atoms with Gasteiger partial charge in [0.2, 0.25) is 0 Å². The molecule has 128 valence electrons. The highest BCUT2D eigenvalue weighted by molar-refractivity contribution is 5.56. The molecule has 6 heteroatoms. The number of nitrogens with one attached hydrogen (secondary N) is 2. The van der Waals surface area contributed by atoms with Crippen molar-refractivity contribution in [3.8, 4) is 0 Å². The lowest BCUT2D eigenvalue weighted by atomic mass is 10.1. The third-order valence-electron chi connectivity index (χ3n) is 4.70. The van der Waals surface area contributed by atoms with Gasteiger partial charge in [-0.2, -0.15) is 0 Å². The van der Waals surface area contributed by atoms with Crippen molar-refractivity contribution in [2.75, 3.05) is 11.9 Å². The maximum Gasteiger partial charge on any atom is 0.134 e. The van der Waals surface area contributed by atoms with Crippen molar-refractivity contribution in [1.29, 1.82) is 0 Å². The highest BCUT2D eigenvalue weighted by Crippen LogP contribution is 2.33. The predicted molar refractivity (Wildman–Crippen MR) is 97.5 cm³/mol. The number of aromatic amines is 1. The summed E-state index contributed by atoms with van der Waals surface area (Å²) >= 11 is 0. The lowest BCUT2D eigenvalue weighted by Crippen LogP contribution is -2.23. The Labute approximate surface area is 147 Å². The fourth-order valence-electron chi connectivity index (χ4n) is 3.43. The molecular weight excluding hydrogens is 312 g/mol. The highest BCUT2D eigenvalue weighted by atomic mass is 15.2. The smallest absolute Gasteiger partial charge is 0.134 e. The molecule has 0 aromatic carbocycles. The SMILES string of the molecule is Cc1cccnc1Nc1cc(C2CCCN2Cc2ncc[nH]2)ccn1. The quantitative estimate of drug-likeness (QED) is 0.746. The molecule has 2 N–H and O–H groups in total. The van der Waals surface area contributed by atoms with E-state index in [1.807, 2.05) is 37.6 Å². The predicted octanol–water partition coefficient (Wildman–Crippen LogP) is 3.59. The van der Waals surface area contributed by atoms with Crippen LogP contribution in [0.15, 0.2) is 49.1 Å². The minimum atomic E-state index is 0.401. The number of rotatable bonds is 5. The molecule has 0 radical (unpaired) electrons. The number of pyridine rings is 2. The molecular formula is C19H22N6. The average Bonchev–Trinajstić information content (AvgIpc) is 3.30. The van der Waals surface area contributed by atoms with Crippen molar-refractivity contribution >= 4 is 11.6 Å². The Morgan fingerprint density at radius 1 is 1.20 bits per heavy atom. The Kier molecular flexibility index (Phi) is 4.43. The first-order valence-electron chi connectivity index (χ1n) is 8.66. The molecule has 3 aromatic heterocycles. The van der Waals surface area contributed by atoms with E-state index in [0.717, 1.165) is 42.5 Å². The van der Waals surface area contributed by atoms with Crippen LogP contribution in [-0.2, 0) is 6.54 Å². The van der Waals surface area contributed by atoms with Gasteiger partial charge in [-0.15, -0.1) is 0 Å². The topological polar surface area (TPSA) is 69.7 Å². The Bertz CT molecular complexity index is 829. The van der Waals surface area contributed by atoms with Gasteiger partial charge in [0.25, 0.3) is 0 Å². The van der Waals surface area contributed by atoms with Crippen LogP contribution in [-0.4, -0.2) is 31.4 Å². The van der Waals surface area contributed by atoms with Gasteiger partial charge in [-0.3, -0.25) is 4.90 Å². The van der Waals surface area contributed by atoms with E-state index in [2.05, 4.69) is 42.3 Å². The first kappa shape index (κ1) is 15.8. The number of hydrogen-bond donors (Lipinski definition) is 2. The zero-order valence-electron chi connectivity index (χ0n) is 14.3. The Morgan fingerprint density at radius 3 is 3.00 bits per heavy atom. The average molecular weight is 334 g/mol. The van der Waals surface area contributed by atoms with Crippen LogP contribution in [0, 0.1) is 6.92 Å². The fourth-order valence-corrected chi connectivity index (χ4v) is 3.43. The molecule has 4 heterocycles. The minimum absolute atomic E-state index is 0.401. The van der Waals surface area contributed by atoms with E-state index < -0.39 is 0 Å². The summed E-state index contributed by atoms with van der Waals surface area (Å²) in [6, 6.07) is 8.63. The van der Waals surface area contributed by atoms with Crippen molar-refractivity contribution in [2.24, 2.45) is 0 Å². The second-order valence-corrected chi connectivity index (χ2v) is 6.43. The molecule has 0 amide bonds. The Balaban J connectivity index is 1.53. The summed E-state index contributed by atoms with van der Waals surface area (Å²) in [4.78, 5) is 18.9. The number of imidazole rings is 1. The molecule has 0 bridgehead atoms. The van der Waals surface area contributed by atoms with Gasteiger partial charge in [0.15, 0.2) is 0 Å². The summed E-state index contributed by atoms with van der Waals surface area (Å²) in [5, 5.41) is 3.34. The van der Waals surface area contributed by atoms with Gasteiger partial charge in [-0.05, 0) is 55.6 Å². The number of H-pyrrole nitrogens is 1. The number of anilines is 2. The van der Waals surface area contributed by atoms with Crippen LogP contribution in [0.25, 0.3) is 0 Å². The summed E-state index contributed by atoms with van der Waals surface area (Å²) in [6.45, 7) is 3.99. The molecule has 0 aliphatic carbocycles. The molecule has 1 saturated heterocycles. The summed E-state index contributed by atoms with van der Waals surface area (Å²) in [5.41, 5.74) is 2.39. The Morgan fingerprint density at radius 2 is 2.16 bits per heavy atom. The molecule has 1 unspecified atom stereocenters. The van der Waals surface area contributed by atoms with Gasteiger partial charge >= 0.3 is 0 Å². The van der Waals surface area contributed by atoms with Gasteiger partial charge in [0.05, 0.1) is 6.54 Å². The zero-order valence-corrected chi connectivity index (χ0v) is 14.3. The van der Waals surface area contributed by atoms with E-state index >= 15 is 0 Å². The first-order valence-corrected chi connectivity index (χ1v) is 8.66. The van der Waals surface area contributed by atoms with Crippen molar-refractivity contribution in [2.45, 2.75) is 32.4 Å². The van der Waals surface area contributed by atoms with E-state index in [1.54, 1.807) is 6.20 Å². The van der Waals surface area contributed by atoms with Crippen molar-refractivity contribution in [3.63, 3.8) is 0 Å². The molecule has 0 spiro atoms. The molecule has 1 aliphatic heterocycles. The van der Waals surface area contributed by atoms with Crippen molar-refractivity contribution in [1.82, 2.24) is 24.8 Å². The van der Waals surface area contributed by atoms with E-state index in [4.69, 9.17) is 0 Å². The number of hydrogen-bond acceptors (Lipinski definition) is 5. The van der Waals surface area contributed by atoms with E-state index in [1.165, 1.54) is 12.0 Å². The van der Waals surface area contributed by atoms with Crippen molar-refractivity contribution in [3.05, 3.63) is 66.0 Å². The largest absolute Gasteiger partial charge is 0.348 e. The van der Waals surface area contributed by atoms with Crippen LogP contribution in [0.3, 0.4) is 0 Å². The van der Waals surface area contributed by atoms with Gasteiger partial charge < -0.3 is 10.3 Å². The number of aromatic nitrogens is 4. The second kappa shape index (κ2) is 7.03. The third kappa shape index (κ3) is 3.53. The summed E-state index contributed by atoms with van der Waals surface area (Å²) < 4.78 is 0. The first-order chi connectivity index (χ1) is 12.3. The molecule has 0 saturated carbocycles.